The largest absolute Gasteiger partial charge is 0.465 e. The smallest absolute Gasteiger partial charge is 0.386 e. The molecule has 0 radical (unpaired) electrons. The molecule has 0 unspecified atom stereocenters. The van der Waals surface area contributed by atoms with Gasteiger partial charge in [0.2, 0.25) is 5.91 Å². The van der Waals surface area contributed by atoms with E-state index >= 15 is 0 Å². The molecule has 10 nitrogen and oxygen atoms in total. The average Bonchev–Trinajstić information content (AvgIpc) is 2.60. The molecule has 28 heavy (non-hydrogen) atoms. The lowest BCUT2D eigenvalue weighted by molar-refractivity contribution is -0.170. The Balaban J connectivity index is 2.93. The molecule has 1 rings (SSSR count). The summed E-state index contributed by atoms with van der Waals surface area (Å²) in [6, 6.07) is 0. The van der Waals surface area contributed by atoms with E-state index in [9.17, 15) is 28.8 Å². The van der Waals surface area contributed by atoms with Crippen LogP contribution in [-0.2, 0) is 38.2 Å². The third-order valence-electron chi connectivity index (χ3n) is 3.65. The Labute approximate surface area is 166 Å². The topological polar surface area (TPSA) is 145 Å². The van der Waals surface area contributed by atoms with Crippen LogP contribution in [-0.4, -0.2) is 66.2 Å². The van der Waals surface area contributed by atoms with Crippen molar-refractivity contribution in [2.24, 2.45) is 5.41 Å². The number of thioether (sulfide) groups is 1. The van der Waals surface area contributed by atoms with Gasteiger partial charge in [0.05, 0.1) is 0 Å². The van der Waals surface area contributed by atoms with Crippen LogP contribution in [0, 0.1) is 5.41 Å². The van der Waals surface area contributed by atoms with Gasteiger partial charge in [-0.3, -0.25) is 24.0 Å². The first kappa shape index (κ1) is 23.6. The lowest BCUT2D eigenvalue weighted by Gasteiger charge is -2.31. The van der Waals surface area contributed by atoms with E-state index < -0.39 is 40.9 Å². The van der Waals surface area contributed by atoms with Crippen LogP contribution >= 0.6 is 11.8 Å². The third-order valence-corrected chi connectivity index (χ3v) is 4.48. The van der Waals surface area contributed by atoms with Crippen molar-refractivity contribution in [2.75, 3.05) is 25.4 Å². The number of rotatable bonds is 5. The molecule has 11 heteroatoms. The summed E-state index contributed by atoms with van der Waals surface area (Å²) >= 11 is 0.664. The molecule has 1 aliphatic rings. The highest BCUT2D eigenvalue weighted by atomic mass is 32.2. The van der Waals surface area contributed by atoms with Crippen LogP contribution in [0.2, 0.25) is 0 Å². The van der Waals surface area contributed by atoms with Gasteiger partial charge in [0.15, 0.2) is 6.10 Å². The van der Waals surface area contributed by atoms with E-state index in [1.165, 1.54) is 20.8 Å². The standard InChI is InChI=1S/C17H24N2O8S/c1-10(20)8-12(22)26-9-17(2,3)13-14(23)19-5-4-11(21)18-6-7-28-16(25)15(24)27-13/h13H,4-9H2,1-3H3,(H,18,21)(H,19,23)/t13-/m0/s1. The highest BCUT2D eigenvalue weighted by Gasteiger charge is 2.41. The number of nitrogens with one attached hydrogen (secondary N) is 2. The van der Waals surface area contributed by atoms with Crippen LogP contribution in [0.3, 0.4) is 0 Å². The zero-order chi connectivity index (χ0) is 21.3. The van der Waals surface area contributed by atoms with Gasteiger partial charge >= 0.3 is 11.9 Å². The molecule has 0 aromatic rings. The van der Waals surface area contributed by atoms with E-state index in [1.807, 2.05) is 0 Å². The van der Waals surface area contributed by atoms with Crippen molar-refractivity contribution < 1.29 is 38.2 Å². The fourth-order valence-corrected chi connectivity index (χ4v) is 2.75. The maximum Gasteiger partial charge on any atom is 0.386 e. The minimum absolute atomic E-state index is 0.0000106. The molecule has 0 spiro atoms. The lowest BCUT2D eigenvalue weighted by atomic mass is 9.86. The minimum Gasteiger partial charge on any atom is -0.465 e. The van der Waals surface area contributed by atoms with Gasteiger partial charge in [-0.15, -0.1) is 0 Å². The summed E-state index contributed by atoms with van der Waals surface area (Å²) in [5.41, 5.74) is -1.19. The number of ketones is 1. The van der Waals surface area contributed by atoms with Gasteiger partial charge in [-0.05, 0) is 6.92 Å². The van der Waals surface area contributed by atoms with Crippen LogP contribution in [0.25, 0.3) is 0 Å². The SMILES string of the molecule is CC(=O)CC(=O)OCC(C)(C)[C@H]1OC(=O)C(=O)SCCNC(=O)CCNC1=O. The maximum atomic E-state index is 12.5. The third kappa shape index (κ3) is 8.07. The predicted octanol–water partition coefficient (Wildman–Crippen LogP) is -0.657. The Bertz CT molecular complexity index is 662. The zero-order valence-electron chi connectivity index (χ0n) is 16.0. The number of carbonyl (C=O) groups is 6. The number of hydrogen-bond donors (Lipinski definition) is 2. The van der Waals surface area contributed by atoms with Gasteiger partial charge in [-0.2, -0.15) is 0 Å². The zero-order valence-corrected chi connectivity index (χ0v) is 16.8. The first-order valence-electron chi connectivity index (χ1n) is 8.60. The van der Waals surface area contributed by atoms with Crippen molar-refractivity contribution in [3.8, 4) is 0 Å². The number of carbonyl (C=O) groups excluding carboxylic acids is 6. The summed E-state index contributed by atoms with van der Waals surface area (Å²) in [7, 11) is 0. The fraction of sp³-hybridized carbons (Fsp3) is 0.647. The molecule has 1 fully saturated rings. The number of Topliss-reactive ketones (excluding diaryl/α,β-unsaturated/α-hetero) is 1. The Morgan fingerprint density at radius 3 is 2.50 bits per heavy atom. The lowest BCUT2D eigenvalue weighted by Crippen LogP contribution is -2.49. The average molecular weight is 416 g/mol. The summed E-state index contributed by atoms with van der Waals surface area (Å²) < 4.78 is 10.1. The van der Waals surface area contributed by atoms with Crippen molar-refractivity contribution in [1.82, 2.24) is 10.6 Å². The molecule has 156 valence electrons. The van der Waals surface area contributed by atoms with Crippen LogP contribution in [0.1, 0.15) is 33.6 Å². The van der Waals surface area contributed by atoms with Crippen molar-refractivity contribution in [1.29, 1.82) is 0 Å². The van der Waals surface area contributed by atoms with Gasteiger partial charge in [-0.1, -0.05) is 25.6 Å². The van der Waals surface area contributed by atoms with Crippen LogP contribution < -0.4 is 10.6 Å². The van der Waals surface area contributed by atoms with E-state index in [2.05, 4.69) is 10.6 Å². The number of cyclic esters (lactones) is 1. The predicted molar refractivity (Wildman–Crippen MR) is 98.0 cm³/mol. The van der Waals surface area contributed by atoms with Gasteiger partial charge in [0.25, 0.3) is 11.0 Å². The second-order valence-corrected chi connectivity index (χ2v) is 7.91. The van der Waals surface area contributed by atoms with Crippen molar-refractivity contribution in [2.45, 2.75) is 39.7 Å². The Kier molecular flexibility index (Phi) is 9.10. The van der Waals surface area contributed by atoms with E-state index in [-0.39, 0.29) is 43.6 Å². The van der Waals surface area contributed by atoms with Crippen LogP contribution in [0.4, 0.5) is 0 Å². The molecule has 0 aliphatic carbocycles. The van der Waals surface area contributed by atoms with Gasteiger partial charge in [0.1, 0.15) is 18.8 Å². The molecule has 0 aromatic carbocycles. The molecule has 0 bridgehead atoms. The van der Waals surface area contributed by atoms with Crippen molar-refractivity contribution in [3.63, 3.8) is 0 Å². The van der Waals surface area contributed by atoms with Gasteiger partial charge in [0, 0.05) is 30.7 Å². The molecule has 0 saturated carbocycles. The minimum atomic E-state index is -1.45. The molecular formula is C17H24N2O8S. The van der Waals surface area contributed by atoms with E-state index in [0.717, 1.165) is 0 Å². The van der Waals surface area contributed by atoms with Gasteiger partial charge < -0.3 is 20.1 Å². The van der Waals surface area contributed by atoms with E-state index in [1.54, 1.807) is 0 Å². The molecule has 1 atom stereocenters. The van der Waals surface area contributed by atoms with E-state index in [0.29, 0.717) is 11.8 Å². The van der Waals surface area contributed by atoms with Crippen LogP contribution in [0.15, 0.2) is 0 Å². The number of ether oxygens (including phenoxy) is 2. The summed E-state index contributed by atoms with van der Waals surface area (Å²) in [6.45, 7) is 4.11. The normalized spacial score (nSPS) is 19.9. The summed E-state index contributed by atoms with van der Waals surface area (Å²) in [5, 5.41) is 4.13. The highest BCUT2D eigenvalue weighted by Crippen LogP contribution is 2.25. The Morgan fingerprint density at radius 2 is 1.86 bits per heavy atom. The molecule has 0 aromatic heterocycles. The quantitative estimate of drug-likeness (QED) is 0.339. The molecule has 1 saturated heterocycles. The molecular weight excluding hydrogens is 392 g/mol. The molecule has 2 N–H and O–H groups in total. The maximum absolute atomic E-state index is 12.5. The fourth-order valence-electron chi connectivity index (χ4n) is 2.19. The van der Waals surface area contributed by atoms with Crippen LogP contribution in [0.5, 0.6) is 0 Å². The number of esters is 2. The second kappa shape index (κ2) is 10.8. The second-order valence-electron chi connectivity index (χ2n) is 6.84. The summed E-state index contributed by atoms with van der Waals surface area (Å²) in [6.07, 6.45) is -1.85. The van der Waals surface area contributed by atoms with Crippen molar-refractivity contribution in [3.05, 3.63) is 0 Å². The monoisotopic (exact) mass is 416 g/mol. The first-order valence-corrected chi connectivity index (χ1v) is 9.58. The number of hydrogen-bond acceptors (Lipinski definition) is 9. The van der Waals surface area contributed by atoms with Gasteiger partial charge in [-0.25, -0.2) is 4.79 Å². The molecule has 1 aliphatic heterocycles. The number of amides is 2. The Morgan fingerprint density at radius 1 is 1.18 bits per heavy atom. The Hall–Kier alpha value is -2.43. The van der Waals surface area contributed by atoms with Crippen molar-refractivity contribution >= 4 is 46.4 Å². The highest BCUT2D eigenvalue weighted by molar-refractivity contribution is 8.15. The summed E-state index contributed by atoms with van der Waals surface area (Å²) in [5.74, 6) is -3.23. The first-order chi connectivity index (χ1) is 13.0. The summed E-state index contributed by atoms with van der Waals surface area (Å²) in [4.78, 5) is 70.7. The molecule has 1 heterocycles. The van der Waals surface area contributed by atoms with E-state index in [4.69, 9.17) is 9.47 Å². The molecule has 2 amide bonds.